The number of thiol groups is 1. The molecule has 2 nitrogen and oxygen atoms in total. The van der Waals surface area contributed by atoms with Gasteiger partial charge in [0.05, 0.1) is 0 Å². The maximum Gasteiger partial charge on any atom is 0.115 e. The largest absolute Gasteiger partial charge is 0.244 e. The van der Waals surface area contributed by atoms with E-state index in [2.05, 4.69) is 40.7 Å². The summed E-state index contributed by atoms with van der Waals surface area (Å²) in [4.78, 5) is 9.18. The number of nitrogens with zero attached hydrogens (tertiary/aromatic N) is 2. The molecule has 2 rings (SSSR count). The third-order valence-electron chi connectivity index (χ3n) is 2.17. The van der Waals surface area contributed by atoms with E-state index in [0.29, 0.717) is 0 Å². The Balaban J connectivity index is 2.46. The molecule has 0 bridgehead atoms. The van der Waals surface area contributed by atoms with Crippen LogP contribution in [0.5, 0.6) is 0 Å². The molecule has 1 aromatic carbocycles. The lowest BCUT2D eigenvalue weighted by Crippen LogP contribution is -1.86. The third kappa shape index (κ3) is 2.33. The standard InChI is InChI=1S/C11H10N2S2/c1-8-4-10(15-14)2-3-11(8)9-5-12-7-13-6-9/h2-7,14H,1H3. The Morgan fingerprint density at radius 3 is 2.53 bits per heavy atom. The Kier molecular flexibility index (Phi) is 3.28. The topological polar surface area (TPSA) is 25.8 Å². The van der Waals surface area contributed by atoms with Crippen LogP contribution in [0.4, 0.5) is 0 Å². The van der Waals surface area contributed by atoms with Gasteiger partial charge in [0.25, 0.3) is 0 Å². The monoisotopic (exact) mass is 234 g/mol. The van der Waals surface area contributed by atoms with E-state index >= 15 is 0 Å². The number of hydrogen-bond acceptors (Lipinski definition) is 4. The predicted molar refractivity (Wildman–Crippen MR) is 67.0 cm³/mol. The van der Waals surface area contributed by atoms with Gasteiger partial charge in [0.15, 0.2) is 0 Å². The Morgan fingerprint density at radius 2 is 1.93 bits per heavy atom. The summed E-state index contributed by atoms with van der Waals surface area (Å²) in [6, 6.07) is 6.24. The van der Waals surface area contributed by atoms with Crippen LogP contribution in [-0.2, 0) is 0 Å². The molecule has 0 saturated carbocycles. The summed E-state index contributed by atoms with van der Waals surface area (Å²) in [6.07, 6.45) is 5.18. The summed E-state index contributed by atoms with van der Waals surface area (Å²) in [5, 5.41) is 0. The van der Waals surface area contributed by atoms with E-state index < -0.39 is 0 Å². The first-order valence-corrected chi connectivity index (χ1v) is 6.35. The zero-order chi connectivity index (χ0) is 10.7. The number of hydrogen-bond donors (Lipinski definition) is 1. The second kappa shape index (κ2) is 4.68. The highest BCUT2D eigenvalue weighted by atomic mass is 33.1. The molecule has 0 N–H and O–H groups in total. The molecule has 15 heavy (non-hydrogen) atoms. The van der Waals surface area contributed by atoms with Crippen LogP contribution in [0.25, 0.3) is 11.1 Å². The lowest BCUT2D eigenvalue weighted by atomic mass is 10.0. The van der Waals surface area contributed by atoms with Crippen molar-refractivity contribution < 1.29 is 0 Å². The number of rotatable bonds is 2. The molecule has 1 aromatic heterocycles. The summed E-state index contributed by atoms with van der Waals surface area (Å²) < 4.78 is 0. The smallest absolute Gasteiger partial charge is 0.115 e. The van der Waals surface area contributed by atoms with Crippen LogP contribution in [0.3, 0.4) is 0 Å². The Bertz CT molecular complexity index is 457. The van der Waals surface area contributed by atoms with E-state index in [1.807, 2.05) is 18.5 Å². The molecule has 76 valence electrons. The molecule has 1 heterocycles. The minimum Gasteiger partial charge on any atom is -0.244 e. The van der Waals surface area contributed by atoms with Crippen molar-refractivity contribution in [1.82, 2.24) is 9.97 Å². The minimum absolute atomic E-state index is 1.05. The van der Waals surface area contributed by atoms with Crippen molar-refractivity contribution in [3.8, 4) is 11.1 Å². The highest BCUT2D eigenvalue weighted by Gasteiger charge is 2.02. The molecule has 0 saturated heterocycles. The molecular formula is C11H10N2S2. The maximum absolute atomic E-state index is 4.17. The van der Waals surface area contributed by atoms with Gasteiger partial charge in [0.1, 0.15) is 6.33 Å². The summed E-state index contributed by atoms with van der Waals surface area (Å²) in [5.74, 6) is 0. The van der Waals surface area contributed by atoms with Gasteiger partial charge in [-0.3, -0.25) is 0 Å². The molecule has 0 aliphatic carbocycles. The molecule has 0 spiro atoms. The van der Waals surface area contributed by atoms with Crippen molar-refractivity contribution in [1.29, 1.82) is 0 Å². The van der Waals surface area contributed by atoms with E-state index in [-0.39, 0.29) is 0 Å². The maximum atomic E-state index is 4.17. The second-order valence-electron chi connectivity index (χ2n) is 3.20. The van der Waals surface area contributed by atoms with Gasteiger partial charge in [-0.05, 0) is 30.2 Å². The van der Waals surface area contributed by atoms with Gasteiger partial charge in [-0.25, -0.2) is 9.97 Å². The van der Waals surface area contributed by atoms with Gasteiger partial charge in [0.2, 0.25) is 0 Å². The van der Waals surface area contributed by atoms with Crippen molar-refractivity contribution in [2.24, 2.45) is 0 Å². The molecule has 0 aliphatic heterocycles. The summed E-state index contributed by atoms with van der Waals surface area (Å²) in [5.41, 5.74) is 3.43. The van der Waals surface area contributed by atoms with Crippen LogP contribution in [0.2, 0.25) is 0 Å². The van der Waals surface area contributed by atoms with Gasteiger partial charge in [-0.2, -0.15) is 0 Å². The first kappa shape index (κ1) is 10.5. The normalized spacial score (nSPS) is 10.3. The summed E-state index contributed by atoms with van der Waals surface area (Å²) >= 11 is 4.17. The minimum atomic E-state index is 1.05. The fourth-order valence-electron chi connectivity index (χ4n) is 1.46. The molecule has 4 heteroatoms. The van der Waals surface area contributed by atoms with Gasteiger partial charge in [-0.1, -0.05) is 16.9 Å². The van der Waals surface area contributed by atoms with Crippen LogP contribution in [-0.4, -0.2) is 9.97 Å². The Hall–Kier alpha value is -1.00. The number of aryl methyl sites for hydroxylation is 1. The molecule has 0 aliphatic rings. The van der Waals surface area contributed by atoms with E-state index in [9.17, 15) is 0 Å². The van der Waals surface area contributed by atoms with Crippen molar-refractivity contribution in [3.05, 3.63) is 42.5 Å². The first-order valence-electron chi connectivity index (χ1n) is 4.48. The van der Waals surface area contributed by atoms with E-state index in [1.165, 1.54) is 28.2 Å². The van der Waals surface area contributed by atoms with Crippen LogP contribution in [0.1, 0.15) is 5.56 Å². The van der Waals surface area contributed by atoms with E-state index in [0.717, 1.165) is 10.5 Å². The lowest BCUT2D eigenvalue weighted by molar-refractivity contribution is 1.17. The average molecular weight is 234 g/mol. The van der Waals surface area contributed by atoms with Crippen molar-refractivity contribution in [2.75, 3.05) is 0 Å². The fraction of sp³-hybridized carbons (Fsp3) is 0.0909. The van der Waals surface area contributed by atoms with E-state index in [4.69, 9.17) is 0 Å². The van der Waals surface area contributed by atoms with Crippen molar-refractivity contribution in [2.45, 2.75) is 11.8 Å². The Labute approximate surface area is 98.0 Å². The van der Waals surface area contributed by atoms with Gasteiger partial charge in [0, 0.05) is 22.9 Å². The van der Waals surface area contributed by atoms with Crippen molar-refractivity contribution >= 4 is 22.5 Å². The van der Waals surface area contributed by atoms with Gasteiger partial charge < -0.3 is 0 Å². The quantitative estimate of drug-likeness (QED) is 0.637. The van der Waals surface area contributed by atoms with E-state index in [1.54, 1.807) is 0 Å². The van der Waals surface area contributed by atoms with Crippen molar-refractivity contribution in [3.63, 3.8) is 0 Å². The molecule has 0 amide bonds. The molecular weight excluding hydrogens is 224 g/mol. The fourth-order valence-corrected chi connectivity index (χ4v) is 2.15. The number of aromatic nitrogens is 2. The van der Waals surface area contributed by atoms with Crippen LogP contribution in [0, 0.1) is 6.92 Å². The first-order chi connectivity index (χ1) is 7.31. The zero-order valence-electron chi connectivity index (χ0n) is 8.21. The molecule has 0 unspecified atom stereocenters. The van der Waals surface area contributed by atoms with Gasteiger partial charge in [-0.15, -0.1) is 11.7 Å². The summed E-state index contributed by atoms with van der Waals surface area (Å²) in [6.45, 7) is 2.08. The molecule has 0 fully saturated rings. The molecule has 2 aromatic rings. The molecule has 0 radical (unpaired) electrons. The molecule has 0 atom stereocenters. The van der Waals surface area contributed by atoms with Gasteiger partial charge >= 0.3 is 0 Å². The lowest BCUT2D eigenvalue weighted by Gasteiger charge is -2.06. The average Bonchev–Trinajstić information content (AvgIpc) is 2.30. The van der Waals surface area contributed by atoms with Crippen LogP contribution in [0.15, 0.2) is 41.8 Å². The highest BCUT2D eigenvalue weighted by molar-refractivity contribution is 8.68. The third-order valence-corrected chi connectivity index (χ3v) is 3.27. The highest BCUT2D eigenvalue weighted by Crippen LogP contribution is 2.28. The zero-order valence-corrected chi connectivity index (χ0v) is 9.92. The second-order valence-corrected chi connectivity index (χ2v) is 4.40. The predicted octanol–water partition coefficient (Wildman–Crippen LogP) is 3.39. The van der Waals surface area contributed by atoms with Crippen LogP contribution < -0.4 is 0 Å². The van der Waals surface area contributed by atoms with Crippen LogP contribution >= 0.6 is 22.5 Å². The Morgan fingerprint density at radius 1 is 1.20 bits per heavy atom. The SMILES string of the molecule is Cc1cc(SS)ccc1-c1cncnc1. The number of benzene rings is 1. The summed E-state index contributed by atoms with van der Waals surface area (Å²) in [7, 11) is 1.45.